The van der Waals surface area contributed by atoms with Crippen LogP contribution in [0.1, 0.15) is 32.7 Å². The first kappa shape index (κ1) is 17.5. The topological polar surface area (TPSA) is 94.2 Å². The molecule has 24 heavy (non-hydrogen) atoms. The molecule has 2 rings (SSSR count). The van der Waals surface area contributed by atoms with E-state index in [1.807, 2.05) is 32.0 Å². The van der Waals surface area contributed by atoms with Crippen molar-refractivity contribution in [2.75, 3.05) is 5.32 Å². The number of nitrogens with one attached hydrogen (secondary N) is 1. The second kappa shape index (κ2) is 6.70. The van der Waals surface area contributed by atoms with Gasteiger partial charge in [0.05, 0.1) is 0 Å². The number of pyridine rings is 1. The Morgan fingerprint density at radius 3 is 2.33 bits per heavy atom. The summed E-state index contributed by atoms with van der Waals surface area (Å²) in [4.78, 5) is 36.2. The molecule has 0 unspecified atom stereocenters. The number of nitrogens with zero attached hydrogens (tertiary/aromatic N) is 1. The van der Waals surface area contributed by atoms with E-state index in [1.54, 1.807) is 19.9 Å². The molecule has 1 aromatic carbocycles. The highest BCUT2D eigenvalue weighted by Gasteiger charge is 2.17. The molecule has 0 spiro atoms. The van der Waals surface area contributed by atoms with Gasteiger partial charge in [0, 0.05) is 11.4 Å². The lowest BCUT2D eigenvalue weighted by molar-refractivity contribution is -0.116. The molecular weight excluding hydrogens is 306 g/mol. The molecule has 0 saturated heterocycles. The van der Waals surface area contributed by atoms with E-state index >= 15 is 0 Å². The number of amides is 2. The lowest BCUT2D eigenvalue weighted by Crippen LogP contribution is -2.35. The normalized spacial score (nSPS) is 10.5. The van der Waals surface area contributed by atoms with Gasteiger partial charge in [-0.3, -0.25) is 14.4 Å². The van der Waals surface area contributed by atoms with Crippen LogP contribution in [0, 0.1) is 27.7 Å². The molecule has 1 heterocycles. The largest absolute Gasteiger partial charge is 0.365 e. The van der Waals surface area contributed by atoms with Crippen LogP contribution in [0.5, 0.6) is 0 Å². The fourth-order valence-electron chi connectivity index (χ4n) is 2.71. The van der Waals surface area contributed by atoms with E-state index in [9.17, 15) is 14.4 Å². The third kappa shape index (κ3) is 3.53. The number of aromatic nitrogens is 1. The van der Waals surface area contributed by atoms with Gasteiger partial charge in [-0.25, -0.2) is 0 Å². The van der Waals surface area contributed by atoms with Gasteiger partial charge >= 0.3 is 0 Å². The van der Waals surface area contributed by atoms with Crippen molar-refractivity contribution in [1.29, 1.82) is 0 Å². The third-order valence-corrected chi connectivity index (χ3v) is 3.91. The van der Waals surface area contributed by atoms with Crippen molar-refractivity contribution < 1.29 is 9.59 Å². The minimum absolute atomic E-state index is 0.0834. The lowest BCUT2D eigenvalue weighted by Gasteiger charge is -2.14. The van der Waals surface area contributed by atoms with Gasteiger partial charge < -0.3 is 15.6 Å². The van der Waals surface area contributed by atoms with E-state index in [-0.39, 0.29) is 18.0 Å². The monoisotopic (exact) mass is 327 g/mol. The molecule has 0 bridgehead atoms. The molecule has 3 N–H and O–H groups in total. The summed E-state index contributed by atoms with van der Waals surface area (Å²) in [7, 11) is 0. The van der Waals surface area contributed by atoms with Crippen LogP contribution in [0.2, 0.25) is 0 Å². The molecule has 0 aliphatic carbocycles. The Balaban J connectivity index is 2.31. The fourth-order valence-corrected chi connectivity index (χ4v) is 2.71. The zero-order valence-corrected chi connectivity index (χ0v) is 14.3. The average Bonchev–Trinajstić information content (AvgIpc) is 2.46. The Hall–Kier alpha value is -2.89. The van der Waals surface area contributed by atoms with Crippen molar-refractivity contribution in [3.8, 4) is 0 Å². The van der Waals surface area contributed by atoms with Gasteiger partial charge in [0.2, 0.25) is 5.91 Å². The molecule has 2 amide bonds. The van der Waals surface area contributed by atoms with Crippen molar-refractivity contribution >= 4 is 17.5 Å². The van der Waals surface area contributed by atoms with Crippen LogP contribution in [0.15, 0.2) is 29.1 Å². The van der Waals surface area contributed by atoms with Gasteiger partial charge in [0.1, 0.15) is 12.1 Å². The maximum Gasteiger partial charge on any atom is 0.264 e. The Labute approximate surface area is 140 Å². The molecule has 6 nitrogen and oxygen atoms in total. The van der Waals surface area contributed by atoms with Crippen molar-refractivity contribution in [3.63, 3.8) is 0 Å². The van der Waals surface area contributed by atoms with E-state index in [1.165, 1.54) is 4.57 Å². The van der Waals surface area contributed by atoms with Crippen LogP contribution in [-0.2, 0) is 11.3 Å². The molecule has 0 saturated carbocycles. The van der Waals surface area contributed by atoms with Crippen LogP contribution in [0.25, 0.3) is 0 Å². The van der Waals surface area contributed by atoms with Gasteiger partial charge in [-0.15, -0.1) is 0 Å². The zero-order chi connectivity index (χ0) is 18.0. The minimum Gasteiger partial charge on any atom is -0.365 e. The summed E-state index contributed by atoms with van der Waals surface area (Å²) in [5.41, 5.74) is 8.48. The minimum atomic E-state index is -0.791. The number of hydrogen-bond acceptors (Lipinski definition) is 3. The molecule has 0 atom stereocenters. The van der Waals surface area contributed by atoms with Crippen molar-refractivity contribution in [1.82, 2.24) is 4.57 Å². The van der Waals surface area contributed by atoms with Gasteiger partial charge in [0.25, 0.3) is 11.5 Å². The summed E-state index contributed by atoms with van der Waals surface area (Å²) in [6.45, 7) is 7.05. The molecule has 126 valence electrons. The van der Waals surface area contributed by atoms with E-state index in [2.05, 4.69) is 5.32 Å². The predicted molar refractivity (Wildman–Crippen MR) is 93.2 cm³/mol. The number of rotatable bonds is 4. The molecule has 0 radical (unpaired) electrons. The molecule has 0 aliphatic rings. The average molecular weight is 327 g/mol. The maximum absolute atomic E-state index is 12.4. The van der Waals surface area contributed by atoms with E-state index < -0.39 is 11.5 Å². The number of benzene rings is 1. The highest BCUT2D eigenvalue weighted by atomic mass is 16.2. The number of aryl methyl sites for hydroxylation is 4. The highest BCUT2D eigenvalue weighted by Crippen LogP contribution is 2.16. The third-order valence-electron chi connectivity index (χ3n) is 3.91. The van der Waals surface area contributed by atoms with Gasteiger partial charge in [-0.2, -0.15) is 0 Å². The Morgan fingerprint density at radius 1 is 1.08 bits per heavy atom. The van der Waals surface area contributed by atoms with Gasteiger partial charge in [-0.1, -0.05) is 17.7 Å². The quantitative estimate of drug-likeness (QED) is 0.897. The van der Waals surface area contributed by atoms with Gasteiger partial charge in [0.15, 0.2) is 0 Å². The lowest BCUT2D eigenvalue weighted by atomic mass is 10.1. The summed E-state index contributed by atoms with van der Waals surface area (Å²) >= 11 is 0. The molecule has 0 fully saturated rings. The van der Waals surface area contributed by atoms with Crippen molar-refractivity contribution in [2.45, 2.75) is 34.2 Å². The summed E-state index contributed by atoms with van der Waals surface area (Å²) in [5, 5.41) is 2.79. The second-order valence-electron chi connectivity index (χ2n) is 5.97. The number of hydrogen-bond donors (Lipinski definition) is 2. The predicted octanol–water partition coefficient (Wildman–Crippen LogP) is 1.82. The Kier molecular flexibility index (Phi) is 4.87. The Morgan fingerprint density at radius 2 is 1.75 bits per heavy atom. The van der Waals surface area contributed by atoms with Crippen LogP contribution in [0.4, 0.5) is 5.69 Å². The number of carbonyl (C=O) groups is 2. The second-order valence-corrected chi connectivity index (χ2v) is 5.97. The standard InChI is InChI=1S/C18H21N3O3/c1-10-5-6-14(11(2)7-10)20-15(22)9-21-13(4)8-12(3)16(17(19)23)18(21)24/h5-8H,9H2,1-4H3,(H2,19,23)(H,20,22). The van der Waals surface area contributed by atoms with Crippen LogP contribution in [0.3, 0.4) is 0 Å². The number of nitrogens with two attached hydrogens (primary N) is 1. The van der Waals surface area contributed by atoms with Crippen molar-refractivity contribution in [3.05, 3.63) is 62.6 Å². The number of primary amides is 1. The van der Waals surface area contributed by atoms with E-state index in [4.69, 9.17) is 5.73 Å². The molecular formula is C18H21N3O3. The Bertz CT molecular complexity index is 882. The van der Waals surface area contributed by atoms with Crippen LogP contribution >= 0.6 is 0 Å². The van der Waals surface area contributed by atoms with Crippen LogP contribution in [-0.4, -0.2) is 16.4 Å². The first-order chi connectivity index (χ1) is 11.2. The van der Waals surface area contributed by atoms with E-state index in [0.29, 0.717) is 16.9 Å². The van der Waals surface area contributed by atoms with Crippen molar-refractivity contribution in [2.24, 2.45) is 5.73 Å². The molecule has 1 aromatic heterocycles. The SMILES string of the molecule is Cc1ccc(NC(=O)Cn2c(C)cc(C)c(C(N)=O)c2=O)c(C)c1. The summed E-state index contributed by atoms with van der Waals surface area (Å²) in [6.07, 6.45) is 0. The molecule has 6 heteroatoms. The van der Waals surface area contributed by atoms with E-state index in [0.717, 1.165) is 11.1 Å². The van der Waals surface area contributed by atoms with Gasteiger partial charge in [-0.05, 0) is 51.0 Å². The first-order valence-electron chi connectivity index (χ1n) is 7.58. The smallest absolute Gasteiger partial charge is 0.264 e. The van der Waals surface area contributed by atoms with Crippen LogP contribution < -0.4 is 16.6 Å². The summed E-state index contributed by atoms with van der Waals surface area (Å²) in [5.74, 6) is -1.13. The highest BCUT2D eigenvalue weighted by molar-refractivity contribution is 5.94. The zero-order valence-electron chi connectivity index (χ0n) is 14.3. The molecule has 2 aromatic rings. The summed E-state index contributed by atoms with van der Waals surface area (Å²) < 4.78 is 1.26. The maximum atomic E-state index is 12.4. The summed E-state index contributed by atoms with van der Waals surface area (Å²) in [6, 6.07) is 7.36. The first-order valence-corrected chi connectivity index (χ1v) is 7.58. The number of carbonyl (C=O) groups excluding carboxylic acids is 2. The molecule has 0 aliphatic heterocycles. The fraction of sp³-hybridized carbons (Fsp3) is 0.278. The number of anilines is 1.